The van der Waals surface area contributed by atoms with E-state index in [1.807, 2.05) is 11.8 Å². The van der Waals surface area contributed by atoms with E-state index in [1.54, 1.807) is 0 Å². The zero-order chi connectivity index (χ0) is 7.84. The molecular weight excluding hydrogens is 160 g/mol. The third-order valence-electron chi connectivity index (χ3n) is 2.65. The highest BCUT2D eigenvalue weighted by atomic mass is 32.2. The largest absolute Gasteiger partial charge is 0.461 e. The van der Waals surface area contributed by atoms with Crippen LogP contribution in [0, 0.1) is 5.92 Å². The maximum Gasteiger partial charge on any atom is 0.306 e. The van der Waals surface area contributed by atoms with Gasteiger partial charge in [0.1, 0.15) is 6.10 Å². The van der Waals surface area contributed by atoms with Gasteiger partial charge in [-0.15, -0.1) is 0 Å². The molecule has 11 heavy (non-hydrogen) atoms. The lowest BCUT2D eigenvalue weighted by molar-refractivity contribution is -0.141. The van der Waals surface area contributed by atoms with Gasteiger partial charge >= 0.3 is 5.97 Å². The minimum atomic E-state index is 0.0127. The Morgan fingerprint density at radius 3 is 3.09 bits per heavy atom. The van der Waals surface area contributed by atoms with E-state index >= 15 is 0 Å². The predicted octanol–water partition coefficient (Wildman–Crippen LogP) is 1.44. The van der Waals surface area contributed by atoms with E-state index in [1.165, 1.54) is 12.8 Å². The highest BCUT2D eigenvalue weighted by Gasteiger charge is 2.44. The quantitative estimate of drug-likeness (QED) is 0.560. The summed E-state index contributed by atoms with van der Waals surface area (Å²) in [6, 6.07) is 0. The summed E-state index contributed by atoms with van der Waals surface area (Å²) < 4.78 is 5.23. The van der Waals surface area contributed by atoms with E-state index in [9.17, 15) is 4.79 Å². The molecule has 2 fully saturated rings. The monoisotopic (exact) mass is 172 g/mol. The van der Waals surface area contributed by atoms with Crippen molar-refractivity contribution in [3.05, 3.63) is 0 Å². The number of thioether (sulfide) groups is 1. The molecule has 0 aromatic rings. The molecule has 62 valence electrons. The lowest BCUT2D eigenvalue weighted by atomic mass is 10.1. The molecule has 0 aromatic carbocycles. The predicted molar refractivity (Wildman–Crippen MR) is 44.5 cm³/mol. The third-order valence-corrected chi connectivity index (χ3v) is 3.76. The summed E-state index contributed by atoms with van der Waals surface area (Å²) in [6.07, 6.45) is 5.42. The van der Waals surface area contributed by atoms with Gasteiger partial charge in [0.25, 0.3) is 0 Å². The molecule has 1 heterocycles. The molecule has 2 rings (SSSR count). The Morgan fingerprint density at radius 1 is 1.55 bits per heavy atom. The summed E-state index contributed by atoms with van der Waals surface area (Å²) in [7, 11) is 0. The lowest BCUT2D eigenvalue weighted by Gasteiger charge is -2.14. The van der Waals surface area contributed by atoms with Crippen LogP contribution in [0.1, 0.15) is 19.3 Å². The van der Waals surface area contributed by atoms with Crippen LogP contribution in [0.4, 0.5) is 0 Å². The smallest absolute Gasteiger partial charge is 0.306 e. The Hall–Kier alpha value is -0.180. The van der Waals surface area contributed by atoms with Crippen molar-refractivity contribution >= 4 is 17.7 Å². The fraction of sp³-hybridized carbons (Fsp3) is 0.875. The Kier molecular flexibility index (Phi) is 1.83. The number of hydrogen-bond acceptors (Lipinski definition) is 3. The summed E-state index contributed by atoms with van der Waals surface area (Å²) in [6.45, 7) is 0. The van der Waals surface area contributed by atoms with Crippen molar-refractivity contribution in [2.45, 2.75) is 30.6 Å². The summed E-state index contributed by atoms with van der Waals surface area (Å²) >= 11 is 1.83. The normalized spacial score (nSPS) is 42.3. The second-order valence-electron chi connectivity index (χ2n) is 3.27. The number of ether oxygens (including phenoxy) is 1. The summed E-state index contributed by atoms with van der Waals surface area (Å²) in [4.78, 5) is 10.9. The van der Waals surface area contributed by atoms with Gasteiger partial charge in [-0.25, -0.2) is 0 Å². The van der Waals surface area contributed by atoms with E-state index in [2.05, 4.69) is 6.26 Å². The van der Waals surface area contributed by atoms with Gasteiger partial charge in [0.2, 0.25) is 0 Å². The minimum absolute atomic E-state index is 0.0127. The summed E-state index contributed by atoms with van der Waals surface area (Å²) in [5, 5.41) is 0.575. The molecule has 1 saturated heterocycles. The van der Waals surface area contributed by atoms with Crippen molar-refractivity contribution in [1.82, 2.24) is 0 Å². The van der Waals surface area contributed by atoms with Crippen LogP contribution >= 0.6 is 11.8 Å². The summed E-state index contributed by atoms with van der Waals surface area (Å²) in [5.74, 6) is 0.554. The zero-order valence-corrected chi connectivity index (χ0v) is 7.39. The Balaban J connectivity index is 2.07. The van der Waals surface area contributed by atoms with E-state index < -0.39 is 0 Å². The molecule has 0 bridgehead atoms. The third kappa shape index (κ3) is 1.15. The molecule has 0 aromatic heterocycles. The van der Waals surface area contributed by atoms with Crippen molar-refractivity contribution in [2.24, 2.45) is 5.92 Å². The molecule has 2 aliphatic rings. The number of esters is 1. The molecule has 0 radical (unpaired) electrons. The van der Waals surface area contributed by atoms with Crippen LogP contribution in [0.15, 0.2) is 0 Å². The second-order valence-corrected chi connectivity index (χ2v) is 4.35. The molecule has 3 atom stereocenters. The first kappa shape index (κ1) is 7.47. The molecule has 1 aliphatic heterocycles. The van der Waals surface area contributed by atoms with Crippen LogP contribution in [-0.4, -0.2) is 23.6 Å². The van der Waals surface area contributed by atoms with Gasteiger partial charge in [-0.05, 0) is 19.1 Å². The van der Waals surface area contributed by atoms with Crippen molar-refractivity contribution in [3.8, 4) is 0 Å². The Morgan fingerprint density at radius 2 is 2.36 bits per heavy atom. The molecule has 1 aliphatic carbocycles. The molecular formula is C8H12O2S. The highest BCUT2D eigenvalue weighted by molar-refractivity contribution is 7.99. The van der Waals surface area contributed by atoms with E-state index in [0.717, 1.165) is 0 Å². The van der Waals surface area contributed by atoms with Gasteiger partial charge < -0.3 is 4.74 Å². The molecule has 0 unspecified atom stereocenters. The highest BCUT2D eigenvalue weighted by Crippen LogP contribution is 2.41. The van der Waals surface area contributed by atoms with Gasteiger partial charge in [-0.1, -0.05) is 0 Å². The Bertz CT molecular complexity index is 181. The van der Waals surface area contributed by atoms with Crippen LogP contribution in [0.2, 0.25) is 0 Å². The molecule has 0 N–H and O–H groups in total. The van der Waals surface area contributed by atoms with Crippen LogP contribution < -0.4 is 0 Å². The zero-order valence-electron chi connectivity index (χ0n) is 6.58. The molecule has 0 amide bonds. The average molecular weight is 172 g/mol. The van der Waals surface area contributed by atoms with Gasteiger partial charge in [-0.3, -0.25) is 4.79 Å². The number of hydrogen-bond donors (Lipinski definition) is 0. The maximum absolute atomic E-state index is 10.9. The maximum atomic E-state index is 10.9. The first-order valence-electron chi connectivity index (χ1n) is 4.03. The van der Waals surface area contributed by atoms with Gasteiger partial charge in [-0.2, -0.15) is 11.8 Å². The first-order chi connectivity index (χ1) is 5.31. The van der Waals surface area contributed by atoms with Gasteiger partial charge in [0, 0.05) is 11.2 Å². The number of carbonyl (C=O) groups excluding carboxylic acids is 1. The van der Waals surface area contributed by atoms with Crippen molar-refractivity contribution in [3.63, 3.8) is 0 Å². The van der Waals surface area contributed by atoms with Gasteiger partial charge in [0.15, 0.2) is 0 Å². The molecule has 1 saturated carbocycles. The van der Waals surface area contributed by atoms with Crippen molar-refractivity contribution in [2.75, 3.05) is 6.26 Å². The molecule has 0 spiro atoms. The van der Waals surface area contributed by atoms with E-state index in [4.69, 9.17) is 4.74 Å². The standard InChI is InChI=1S/C8H12O2S/c1-11-6-3-2-5-4-7(9)10-8(5)6/h5-6,8H,2-4H2,1H3/t5-,6+,8+/m1/s1. The van der Waals surface area contributed by atoms with E-state index in [0.29, 0.717) is 17.6 Å². The van der Waals surface area contributed by atoms with Crippen molar-refractivity contribution < 1.29 is 9.53 Å². The Labute approximate surface area is 70.7 Å². The second kappa shape index (κ2) is 2.70. The fourth-order valence-corrected chi connectivity index (χ4v) is 2.98. The molecule has 2 nitrogen and oxygen atoms in total. The van der Waals surface area contributed by atoms with Crippen LogP contribution in [0.5, 0.6) is 0 Å². The van der Waals surface area contributed by atoms with Crippen LogP contribution in [0.25, 0.3) is 0 Å². The van der Waals surface area contributed by atoms with E-state index in [-0.39, 0.29) is 12.1 Å². The number of fused-ring (bicyclic) bond motifs is 1. The topological polar surface area (TPSA) is 26.3 Å². The van der Waals surface area contributed by atoms with Crippen LogP contribution in [0.3, 0.4) is 0 Å². The van der Waals surface area contributed by atoms with Gasteiger partial charge in [0.05, 0.1) is 6.42 Å². The fourth-order valence-electron chi connectivity index (χ4n) is 2.07. The lowest BCUT2D eigenvalue weighted by Crippen LogP contribution is -2.20. The first-order valence-corrected chi connectivity index (χ1v) is 5.32. The van der Waals surface area contributed by atoms with Crippen molar-refractivity contribution in [1.29, 1.82) is 0 Å². The number of carbonyl (C=O) groups is 1. The average Bonchev–Trinajstić information content (AvgIpc) is 2.45. The minimum Gasteiger partial charge on any atom is -0.461 e. The SMILES string of the molecule is CS[C@H]1CC[C@@H]2CC(=O)O[C@@H]21. The van der Waals surface area contributed by atoms with Crippen LogP contribution in [-0.2, 0) is 9.53 Å². The summed E-state index contributed by atoms with van der Waals surface area (Å²) in [5.41, 5.74) is 0. The molecule has 3 heteroatoms. The number of rotatable bonds is 1.